The van der Waals surface area contributed by atoms with Gasteiger partial charge >= 0.3 is 0 Å². The second-order valence-electron chi connectivity index (χ2n) is 7.66. The number of thioether (sulfide) groups is 1. The van der Waals surface area contributed by atoms with Crippen molar-refractivity contribution < 1.29 is 9.18 Å². The summed E-state index contributed by atoms with van der Waals surface area (Å²) in [6.07, 6.45) is 0. The van der Waals surface area contributed by atoms with Crippen LogP contribution in [0.2, 0.25) is 0 Å². The van der Waals surface area contributed by atoms with E-state index < -0.39 is 0 Å². The molecule has 29 heavy (non-hydrogen) atoms. The van der Waals surface area contributed by atoms with Gasteiger partial charge in [-0.3, -0.25) is 4.79 Å². The summed E-state index contributed by atoms with van der Waals surface area (Å²) >= 11 is 1.61. The maximum Gasteiger partial charge on any atom is 0.233 e. The fraction of sp³-hybridized carbons (Fsp3) is 0.435. The number of nitrogens with zero attached hydrogens (tertiary/aromatic N) is 2. The van der Waals surface area contributed by atoms with E-state index in [4.69, 9.17) is 0 Å². The van der Waals surface area contributed by atoms with Gasteiger partial charge in [0.15, 0.2) is 0 Å². The molecule has 0 aromatic heterocycles. The highest BCUT2D eigenvalue weighted by Crippen LogP contribution is 2.29. The minimum absolute atomic E-state index is 0.0213. The molecule has 3 rings (SSSR count). The molecule has 2 aromatic carbocycles. The molecule has 0 spiro atoms. The number of anilines is 1. The van der Waals surface area contributed by atoms with Crippen molar-refractivity contribution in [2.24, 2.45) is 0 Å². The summed E-state index contributed by atoms with van der Waals surface area (Å²) in [5.74, 6) is 0.494. The van der Waals surface area contributed by atoms with Crippen LogP contribution in [0.4, 0.5) is 10.1 Å². The first-order valence-corrected chi connectivity index (χ1v) is 11.2. The largest absolute Gasteiger partial charge is 0.369 e. The van der Waals surface area contributed by atoms with Crippen LogP contribution in [0, 0.1) is 5.82 Å². The van der Waals surface area contributed by atoms with Crippen LogP contribution in [-0.2, 0) is 10.5 Å². The number of piperazine rings is 1. The minimum Gasteiger partial charge on any atom is -0.369 e. The van der Waals surface area contributed by atoms with E-state index in [2.05, 4.69) is 34.3 Å². The SMILES string of the molecule is CC(SCc1ccccc1)C(=O)NC(C)c1cc(F)ccc1N1CCN(C)CC1. The molecule has 1 N–H and O–H groups in total. The number of halogens is 1. The van der Waals surface area contributed by atoms with Crippen molar-refractivity contribution in [2.45, 2.75) is 30.9 Å². The molecule has 1 aliphatic heterocycles. The highest BCUT2D eigenvalue weighted by atomic mass is 32.2. The van der Waals surface area contributed by atoms with Gasteiger partial charge in [-0.2, -0.15) is 0 Å². The summed E-state index contributed by atoms with van der Waals surface area (Å²) in [7, 11) is 2.11. The molecule has 1 amide bonds. The Morgan fingerprint density at radius 1 is 1.10 bits per heavy atom. The van der Waals surface area contributed by atoms with Gasteiger partial charge in [0.25, 0.3) is 0 Å². The Morgan fingerprint density at radius 3 is 2.48 bits per heavy atom. The van der Waals surface area contributed by atoms with Crippen LogP contribution in [-0.4, -0.2) is 49.3 Å². The van der Waals surface area contributed by atoms with Crippen molar-refractivity contribution in [3.8, 4) is 0 Å². The maximum absolute atomic E-state index is 14.0. The third-order valence-electron chi connectivity index (χ3n) is 5.37. The molecule has 0 radical (unpaired) electrons. The van der Waals surface area contributed by atoms with Crippen LogP contribution in [0.25, 0.3) is 0 Å². The first-order chi connectivity index (χ1) is 13.9. The molecule has 0 saturated carbocycles. The molecule has 156 valence electrons. The number of hydrogen-bond donors (Lipinski definition) is 1. The Balaban J connectivity index is 1.64. The Bertz CT molecular complexity index is 809. The predicted molar refractivity (Wildman–Crippen MR) is 120 cm³/mol. The molecule has 0 bridgehead atoms. The summed E-state index contributed by atoms with van der Waals surface area (Å²) in [5, 5.41) is 2.90. The molecule has 1 heterocycles. The fourth-order valence-corrected chi connectivity index (χ4v) is 4.34. The van der Waals surface area contributed by atoms with Gasteiger partial charge in [0.05, 0.1) is 11.3 Å². The smallest absolute Gasteiger partial charge is 0.233 e. The van der Waals surface area contributed by atoms with Gasteiger partial charge in [-0.15, -0.1) is 11.8 Å². The molecule has 2 atom stereocenters. The van der Waals surface area contributed by atoms with E-state index in [-0.39, 0.29) is 23.0 Å². The van der Waals surface area contributed by atoms with Crippen molar-refractivity contribution in [1.29, 1.82) is 0 Å². The van der Waals surface area contributed by atoms with Crippen LogP contribution < -0.4 is 10.2 Å². The Morgan fingerprint density at radius 2 is 1.79 bits per heavy atom. The Labute approximate surface area is 177 Å². The quantitative estimate of drug-likeness (QED) is 0.739. The van der Waals surface area contributed by atoms with Gasteiger partial charge < -0.3 is 15.1 Å². The lowest BCUT2D eigenvalue weighted by Gasteiger charge is -2.36. The first kappa shape index (κ1) is 21.7. The first-order valence-electron chi connectivity index (χ1n) is 10.1. The highest BCUT2D eigenvalue weighted by molar-refractivity contribution is 7.99. The lowest BCUT2D eigenvalue weighted by molar-refractivity contribution is -0.120. The van der Waals surface area contributed by atoms with Crippen molar-refractivity contribution >= 4 is 23.4 Å². The van der Waals surface area contributed by atoms with E-state index in [1.54, 1.807) is 17.8 Å². The summed E-state index contributed by atoms with van der Waals surface area (Å²) in [5.41, 5.74) is 3.05. The number of nitrogens with one attached hydrogen (secondary N) is 1. The van der Waals surface area contributed by atoms with Gasteiger partial charge in [-0.25, -0.2) is 4.39 Å². The third-order valence-corrected chi connectivity index (χ3v) is 6.58. The minimum atomic E-state index is -0.273. The van der Waals surface area contributed by atoms with Crippen LogP contribution in [0.15, 0.2) is 48.5 Å². The molecule has 1 fully saturated rings. The average molecular weight is 416 g/mol. The number of carbonyl (C=O) groups excluding carboxylic acids is 1. The van der Waals surface area contributed by atoms with Crippen LogP contribution in [0.1, 0.15) is 31.0 Å². The molecule has 2 aromatic rings. The summed E-state index contributed by atoms with van der Waals surface area (Å²) in [4.78, 5) is 17.3. The Hall–Kier alpha value is -2.05. The predicted octanol–water partition coefficient (Wildman–Crippen LogP) is 4.08. The fourth-order valence-electron chi connectivity index (χ4n) is 3.49. The maximum atomic E-state index is 14.0. The highest BCUT2D eigenvalue weighted by Gasteiger charge is 2.22. The number of rotatable bonds is 7. The molecular formula is C23H30FN3OS. The normalized spacial score (nSPS) is 17.0. The van der Waals surface area contributed by atoms with Gasteiger partial charge in [0.1, 0.15) is 5.82 Å². The zero-order valence-corrected chi connectivity index (χ0v) is 18.2. The van der Waals surface area contributed by atoms with Crippen molar-refractivity contribution in [2.75, 3.05) is 38.1 Å². The molecule has 0 aliphatic carbocycles. The number of amides is 1. The second-order valence-corrected chi connectivity index (χ2v) is 8.99. The summed E-state index contributed by atoms with van der Waals surface area (Å²) in [6.45, 7) is 7.61. The molecule has 1 aliphatic rings. The lowest BCUT2D eigenvalue weighted by atomic mass is 10.0. The number of carbonyl (C=O) groups is 1. The lowest BCUT2D eigenvalue weighted by Crippen LogP contribution is -2.45. The van der Waals surface area contributed by atoms with Crippen LogP contribution in [0.5, 0.6) is 0 Å². The monoisotopic (exact) mass is 415 g/mol. The Kier molecular flexibility index (Phi) is 7.56. The van der Waals surface area contributed by atoms with Crippen LogP contribution >= 0.6 is 11.8 Å². The number of likely N-dealkylation sites (N-methyl/N-ethyl adjacent to an activating group) is 1. The van der Waals surface area contributed by atoms with E-state index in [0.717, 1.165) is 43.2 Å². The van der Waals surface area contributed by atoms with E-state index in [1.165, 1.54) is 11.6 Å². The number of hydrogen-bond acceptors (Lipinski definition) is 4. The van der Waals surface area contributed by atoms with Crippen molar-refractivity contribution in [3.63, 3.8) is 0 Å². The average Bonchev–Trinajstić information content (AvgIpc) is 2.73. The van der Waals surface area contributed by atoms with Crippen LogP contribution in [0.3, 0.4) is 0 Å². The van der Waals surface area contributed by atoms with E-state index in [0.29, 0.717) is 0 Å². The summed E-state index contributed by atoms with van der Waals surface area (Å²) in [6, 6.07) is 14.8. The zero-order chi connectivity index (χ0) is 20.8. The number of benzene rings is 2. The topological polar surface area (TPSA) is 35.6 Å². The molecular weight excluding hydrogens is 385 g/mol. The molecule has 1 saturated heterocycles. The summed E-state index contributed by atoms with van der Waals surface area (Å²) < 4.78 is 14.0. The van der Waals surface area contributed by atoms with Gasteiger partial charge in [0, 0.05) is 43.2 Å². The van der Waals surface area contributed by atoms with Gasteiger partial charge in [-0.05, 0) is 44.7 Å². The van der Waals surface area contributed by atoms with Gasteiger partial charge in [-0.1, -0.05) is 30.3 Å². The van der Waals surface area contributed by atoms with Crippen molar-refractivity contribution in [1.82, 2.24) is 10.2 Å². The van der Waals surface area contributed by atoms with Gasteiger partial charge in [0.2, 0.25) is 5.91 Å². The zero-order valence-electron chi connectivity index (χ0n) is 17.4. The molecule has 6 heteroatoms. The molecule has 2 unspecified atom stereocenters. The van der Waals surface area contributed by atoms with E-state index in [9.17, 15) is 9.18 Å². The second kappa shape index (κ2) is 10.1. The van der Waals surface area contributed by atoms with Crippen molar-refractivity contribution in [3.05, 3.63) is 65.5 Å². The molecule has 4 nitrogen and oxygen atoms in total. The van der Waals surface area contributed by atoms with E-state index >= 15 is 0 Å². The van der Waals surface area contributed by atoms with E-state index in [1.807, 2.05) is 38.1 Å². The third kappa shape index (κ3) is 5.97. The standard InChI is InChI=1S/C23H30FN3OS/c1-17(25-23(28)18(2)29-16-19-7-5-4-6-8-19)21-15-20(24)9-10-22(21)27-13-11-26(3)12-14-27/h4-10,15,17-18H,11-14,16H2,1-3H3,(H,25,28).